The van der Waals surface area contributed by atoms with Crippen molar-refractivity contribution in [2.75, 3.05) is 13.2 Å². The number of nitrogens with one attached hydrogen (secondary N) is 2. The second kappa shape index (κ2) is 11.0. The fourth-order valence-corrected chi connectivity index (χ4v) is 5.00. The smallest absolute Gasteiger partial charge is 0.308 e. The van der Waals surface area contributed by atoms with Gasteiger partial charge in [0.1, 0.15) is 5.84 Å². The quantitative estimate of drug-likeness (QED) is 0.447. The Hall–Kier alpha value is -3.98. The highest BCUT2D eigenvalue weighted by atomic mass is 32.2. The lowest BCUT2D eigenvalue weighted by Crippen LogP contribution is -2.33. The van der Waals surface area contributed by atoms with Crippen LogP contribution < -0.4 is 10.0 Å². The maximum Gasteiger partial charge on any atom is 0.308 e. The number of esters is 1. The van der Waals surface area contributed by atoms with Crippen molar-refractivity contribution < 1.29 is 22.7 Å². The first-order chi connectivity index (χ1) is 16.9. The second-order valence-corrected chi connectivity index (χ2v) is 9.61. The van der Waals surface area contributed by atoms with E-state index in [4.69, 9.17) is 4.74 Å². The van der Waals surface area contributed by atoms with E-state index in [2.05, 4.69) is 15.0 Å². The van der Waals surface area contributed by atoms with Crippen molar-refractivity contribution in [3.05, 3.63) is 102 Å². The number of hydrogen-bond acceptors (Lipinski definition) is 6. The third kappa shape index (κ3) is 6.33. The minimum atomic E-state index is -3.63. The molecule has 1 aliphatic rings. The molecule has 0 radical (unpaired) electrons. The molecule has 4 rings (SSSR count). The summed E-state index contributed by atoms with van der Waals surface area (Å²) in [6, 6.07) is 25.6. The first-order valence-electron chi connectivity index (χ1n) is 11.1. The van der Waals surface area contributed by atoms with Gasteiger partial charge in [-0.25, -0.2) is 8.42 Å². The molecule has 0 spiro atoms. The van der Waals surface area contributed by atoms with Gasteiger partial charge in [0.25, 0.3) is 15.9 Å². The normalized spacial score (nSPS) is 15.6. The summed E-state index contributed by atoms with van der Waals surface area (Å²) >= 11 is 0. The lowest BCUT2D eigenvalue weighted by atomic mass is 9.99. The molecule has 0 saturated heterocycles. The molecular weight excluding hydrogens is 466 g/mol. The Bertz CT molecular complexity index is 1330. The van der Waals surface area contributed by atoms with Crippen molar-refractivity contribution in [3.63, 3.8) is 0 Å². The molecule has 1 heterocycles. The summed E-state index contributed by atoms with van der Waals surface area (Å²) in [5.41, 5.74) is 2.48. The SMILES string of the molecule is O=C(COC(=O)CCN=C1NS(=O)(=O)c2ccccc21)NC(Cc1ccccc1)c1ccccc1. The summed E-state index contributed by atoms with van der Waals surface area (Å²) in [5.74, 6) is -0.817. The summed E-state index contributed by atoms with van der Waals surface area (Å²) in [7, 11) is -3.63. The van der Waals surface area contributed by atoms with Crippen LogP contribution in [-0.4, -0.2) is 39.3 Å². The standard InChI is InChI=1S/C26H25N3O5S/c30-24(28-22(20-11-5-2-6-12-20)17-19-9-3-1-4-10-19)18-34-25(31)15-16-27-26-21-13-7-8-14-23(21)35(32,33)29-26/h1-14,22H,15-18H2,(H,27,29)(H,28,30). The van der Waals surface area contributed by atoms with Crippen molar-refractivity contribution in [1.82, 2.24) is 10.0 Å². The number of hydrogen-bond donors (Lipinski definition) is 2. The zero-order valence-corrected chi connectivity index (χ0v) is 19.7. The minimum absolute atomic E-state index is 0.0211. The zero-order chi connectivity index (χ0) is 24.7. The van der Waals surface area contributed by atoms with Gasteiger partial charge >= 0.3 is 5.97 Å². The Morgan fingerprint density at radius 2 is 1.57 bits per heavy atom. The topological polar surface area (TPSA) is 114 Å². The van der Waals surface area contributed by atoms with Crippen LogP contribution in [0.25, 0.3) is 0 Å². The number of amidine groups is 1. The summed E-state index contributed by atoms with van der Waals surface area (Å²) in [5, 5.41) is 2.94. The van der Waals surface area contributed by atoms with E-state index in [0.29, 0.717) is 12.0 Å². The molecule has 2 N–H and O–H groups in total. The summed E-state index contributed by atoms with van der Waals surface area (Å²) in [6.07, 6.45) is 0.506. The molecule has 180 valence electrons. The van der Waals surface area contributed by atoms with E-state index in [-0.39, 0.29) is 29.7 Å². The molecule has 1 amide bonds. The number of rotatable bonds is 9. The Labute approximate surface area is 204 Å². The molecule has 0 aromatic heterocycles. The van der Waals surface area contributed by atoms with Gasteiger partial charge < -0.3 is 10.1 Å². The number of aliphatic imine (C=N–C) groups is 1. The number of carbonyl (C=O) groups excluding carboxylic acids is 2. The van der Waals surface area contributed by atoms with Gasteiger partial charge in [-0.05, 0) is 29.7 Å². The maximum atomic E-state index is 12.5. The van der Waals surface area contributed by atoms with Gasteiger partial charge in [-0.1, -0.05) is 72.8 Å². The van der Waals surface area contributed by atoms with Gasteiger partial charge in [0.05, 0.1) is 23.9 Å². The molecule has 0 bridgehead atoms. The Morgan fingerprint density at radius 1 is 0.914 bits per heavy atom. The number of ether oxygens (including phenoxy) is 1. The van der Waals surface area contributed by atoms with Gasteiger partial charge in [0.2, 0.25) is 0 Å². The maximum absolute atomic E-state index is 12.5. The molecule has 8 nitrogen and oxygen atoms in total. The van der Waals surface area contributed by atoms with Gasteiger partial charge in [0.15, 0.2) is 6.61 Å². The predicted octanol–water partition coefficient (Wildman–Crippen LogP) is 2.76. The van der Waals surface area contributed by atoms with Crippen LogP contribution in [0.3, 0.4) is 0 Å². The average Bonchev–Trinajstić information content (AvgIpc) is 3.13. The Morgan fingerprint density at radius 3 is 2.31 bits per heavy atom. The first kappa shape index (κ1) is 24.2. The van der Waals surface area contributed by atoms with Crippen LogP contribution in [-0.2, 0) is 30.8 Å². The molecule has 0 saturated carbocycles. The van der Waals surface area contributed by atoms with Gasteiger partial charge in [-0.15, -0.1) is 0 Å². The molecule has 9 heteroatoms. The monoisotopic (exact) mass is 491 g/mol. The predicted molar refractivity (Wildman–Crippen MR) is 131 cm³/mol. The number of amides is 1. The molecule has 1 unspecified atom stereocenters. The van der Waals surface area contributed by atoms with Crippen molar-refractivity contribution >= 4 is 27.7 Å². The lowest BCUT2D eigenvalue weighted by Gasteiger charge is -2.19. The largest absolute Gasteiger partial charge is 0.456 e. The number of carbonyl (C=O) groups is 2. The van der Waals surface area contributed by atoms with Gasteiger partial charge in [0, 0.05) is 5.56 Å². The van der Waals surface area contributed by atoms with Crippen molar-refractivity contribution in [3.8, 4) is 0 Å². The van der Waals surface area contributed by atoms with Crippen LogP contribution in [0.5, 0.6) is 0 Å². The number of fused-ring (bicyclic) bond motifs is 1. The van der Waals surface area contributed by atoms with E-state index < -0.39 is 28.5 Å². The Kier molecular flexibility index (Phi) is 7.57. The van der Waals surface area contributed by atoms with Gasteiger partial charge in [-0.3, -0.25) is 19.3 Å². The lowest BCUT2D eigenvalue weighted by molar-refractivity contribution is -0.148. The van der Waals surface area contributed by atoms with Crippen LogP contribution in [0, 0.1) is 0 Å². The van der Waals surface area contributed by atoms with E-state index in [9.17, 15) is 18.0 Å². The third-order valence-corrected chi connectivity index (χ3v) is 6.83. The summed E-state index contributed by atoms with van der Waals surface area (Å²) < 4.78 is 31.7. The fraction of sp³-hybridized carbons (Fsp3) is 0.192. The van der Waals surface area contributed by atoms with Crippen LogP contribution >= 0.6 is 0 Å². The van der Waals surface area contributed by atoms with Crippen LogP contribution in [0.4, 0.5) is 0 Å². The number of benzene rings is 3. The highest BCUT2D eigenvalue weighted by Crippen LogP contribution is 2.22. The van der Waals surface area contributed by atoms with E-state index in [1.54, 1.807) is 18.2 Å². The van der Waals surface area contributed by atoms with E-state index >= 15 is 0 Å². The van der Waals surface area contributed by atoms with Crippen LogP contribution in [0.15, 0.2) is 94.8 Å². The van der Waals surface area contributed by atoms with Crippen molar-refractivity contribution in [2.24, 2.45) is 4.99 Å². The van der Waals surface area contributed by atoms with Crippen molar-refractivity contribution in [2.45, 2.75) is 23.8 Å². The molecule has 1 atom stereocenters. The van der Waals surface area contributed by atoms with E-state index in [1.807, 2.05) is 60.7 Å². The van der Waals surface area contributed by atoms with Crippen molar-refractivity contribution in [1.29, 1.82) is 0 Å². The fourth-order valence-electron chi connectivity index (χ4n) is 3.75. The minimum Gasteiger partial charge on any atom is -0.456 e. The Balaban J connectivity index is 1.29. The molecule has 1 aliphatic heterocycles. The number of sulfonamides is 1. The van der Waals surface area contributed by atoms with Crippen LogP contribution in [0.1, 0.15) is 29.2 Å². The highest BCUT2D eigenvalue weighted by molar-refractivity contribution is 7.90. The van der Waals surface area contributed by atoms with Crippen LogP contribution in [0.2, 0.25) is 0 Å². The van der Waals surface area contributed by atoms with E-state index in [0.717, 1.165) is 11.1 Å². The molecule has 35 heavy (non-hydrogen) atoms. The first-order valence-corrected chi connectivity index (χ1v) is 12.6. The highest BCUT2D eigenvalue weighted by Gasteiger charge is 2.30. The molecule has 0 aliphatic carbocycles. The van der Waals surface area contributed by atoms with E-state index in [1.165, 1.54) is 6.07 Å². The second-order valence-electron chi connectivity index (χ2n) is 7.96. The third-order valence-electron chi connectivity index (χ3n) is 5.43. The molecule has 3 aromatic rings. The molecule has 3 aromatic carbocycles. The molecular formula is C26H25N3O5S. The molecule has 0 fully saturated rings. The summed E-state index contributed by atoms with van der Waals surface area (Å²) in [4.78, 5) is 29.0. The zero-order valence-electron chi connectivity index (χ0n) is 18.9. The number of nitrogens with zero attached hydrogens (tertiary/aromatic N) is 1. The summed E-state index contributed by atoms with van der Waals surface area (Å²) in [6.45, 7) is -0.393. The average molecular weight is 492 g/mol. The van der Waals surface area contributed by atoms with Gasteiger partial charge in [-0.2, -0.15) is 0 Å².